The van der Waals surface area contributed by atoms with Gasteiger partial charge < -0.3 is 0 Å². The van der Waals surface area contributed by atoms with Crippen LogP contribution in [0.15, 0.2) is 45.5 Å². The number of carbonyl (C=O) groups excluding carboxylic acids is 2. The SMILES string of the molecule is O=CC1=C(SCc2ccc(Cl)cc2Cl)S[C@H](c2cccs2)CC1=O. The van der Waals surface area contributed by atoms with E-state index in [1.165, 1.54) is 11.8 Å². The summed E-state index contributed by atoms with van der Waals surface area (Å²) in [5.41, 5.74) is 1.21. The summed E-state index contributed by atoms with van der Waals surface area (Å²) in [6.45, 7) is 0. The van der Waals surface area contributed by atoms with Crippen molar-refractivity contribution >= 4 is 70.1 Å². The van der Waals surface area contributed by atoms with Crippen molar-refractivity contribution in [3.05, 3.63) is 66.0 Å². The molecule has 0 spiro atoms. The van der Waals surface area contributed by atoms with Gasteiger partial charge in [0.05, 0.1) is 15.1 Å². The third-order valence-corrected chi connectivity index (χ3v) is 7.93. The summed E-state index contributed by atoms with van der Waals surface area (Å²) in [4.78, 5) is 24.8. The molecule has 0 saturated carbocycles. The van der Waals surface area contributed by atoms with Crippen LogP contribution in [0.3, 0.4) is 0 Å². The molecule has 1 aliphatic heterocycles. The molecule has 0 unspecified atom stereocenters. The molecule has 2 aromatic rings. The second-order valence-corrected chi connectivity index (χ2v) is 9.37. The number of hydrogen-bond acceptors (Lipinski definition) is 5. The molecular formula is C17H12Cl2O2S3. The Morgan fingerprint density at radius 3 is 2.79 bits per heavy atom. The minimum Gasteiger partial charge on any atom is -0.298 e. The monoisotopic (exact) mass is 414 g/mol. The molecule has 0 saturated heterocycles. The van der Waals surface area contributed by atoms with Crippen molar-refractivity contribution in [1.29, 1.82) is 0 Å². The smallest absolute Gasteiger partial charge is 0.169 e. The van der Waals surface area contributed by atoms with Crippen LogP contribution in [0.1, 0.15) is 22.1 Å². The number of allylic oxidation sites excluding steroid dienone is 1. The maximum Gasteiger partial charge on any atom is 0.169 e. The molecule has 24 heavy (non-hydrogen) atoms. The van der Waals surface area contributed by atoms with E-state index in [0.717, 1.165) is 14.7 Å². The highest BCUT2D eigenvalue weighted by molar-refractivity contribution is 8.22. The molecule has 3 rings (SSSR count). The van der Waals surface area contributed by atoms with E-state index in [1.807, 2.05) is 23.6 Å². The Kier molecular flexibility index (Phi) is 6.11. The number of halogens is 2. The van der Waals surface area contributed by atoms with Gasteiger partial charge in [-0.05, 0) is 29.1 Å². The Labute approximate surface area is 162 Å². The third kappa shape index (κ3) is 4.09. The van der Waals surface area contributed by atoms with Gasteiger partial charge in [-0.25, -0.2) is 0 Å². The lowest BCUT2D eigenvalue weighted by molar-refractivity contribution is -0.117. The van der Waals surface area contributed by atoms with Crippen LogP contribution in [0.5, 0.6) is 0 Å². The van der Waals surface area contributed by atoms with Crippen molar-refractivity contribution in [2.24, 2.45) is 0 Å². The molecule has 1 aromatic heterocycles. The molecule has 0 N–H and O–H groups in total. The van der Waals surface area contributed by atoms with Crippen molar-refractivity contribution in [3.63, 3.8) is 0 Å². The first-order chi connectivity index (χ1) is 11.6. The Morgan fingerprint density at radius 1 is 1.29 bits per heavy atom. The fraction of sp³-hybridized carbons (Fsp3) is 0.176. The van der Waals surface area contributed by atoms with E-state index in [9.17, 15) is 9.59 Å². The summed E-state index contributed by atoms with van der Waals surface area (Å²) in [5, 5.41) is 3.25. The topological polar surface area (TPSA) is 34.1 Å². The van der Waals surface area contributed by atoms with E-state index in [1.54, 1.807) is 35.2 Å². The molecule has 0 aliphatic carbocycles. The molecular weight excluding hydrogens is 403 g/mol. The molecule has 1 aromatic carbocycles. The van der Waals surface area contributed by atoms with Gasteiger partial charge in [-0.2, -0.15) is 0 Å². The number of rotatable bonds is 5. The minimum absolute atomic E-state index is 0.0735. The fourth-order valence-electron chi connectivity index (χ4n) is 2.27. The van der Waals surface area contributed by atoms with Crippen molar-refractivity contribution in [2.45, 2.75) is 17.4 Å². The van der Waals surface area contributed by atoms with E-state index in [-0.39, 0.29) is 16.6 Å². The molecule has 2 heterocycles. The van der Waals surface area contributed by atoms with Crippen molar-refractivity contribution < 1.29 is 9.59 Å². The maximum absolute atomic E-state index is 12.3. The van der Waals surface area contributed by atoms with Gasteiger partial charge in [0.25, 0.3) is 0 Å². The van der Waals surface area contributed by atoms with Gasteiger partial charge in [-0.1, -0.05) is 35.3 Å². The zero-order valence-electron chi connectivity index (χ0n) is 12.3. The number of thiophene rings is 1. The number of Topliss-reactive ketones (excluding diaryl/α,β-unsaturated/α-hetero) is 1. The van der Waals surface area contributed by atoms with Crippen LogP contribution < -0.4 is 0 Å². The van der Waals surface area contributed by atoms with Crippen LogP contribution in [0, 0.1) is 0 Å². The van der Waals surface area contributed by atoms with Gasteiger partial charge in [-0.3, -0.25) is 9.59 Å². The highest BCUT2D eigenvalue weighted by Gasteiger charge is 2.30. The number of aldehydes is 1. The van der Waals surface area contributed by atoms with Gasteiger partial charge in [0.1, 0.15) is 0 Å². The van der Waals surface area contributed by atoms with Crippen molar-refractivity contribution in [3.8, 4) is 0 Å². The lowest BCUT2D eigenvalue weighted by Gasteiger charge is -2.22. The van der Waals surface area contributed by atoms with E-state index >= 15 is 0 Å². The Bertz CT molecular complexity index is 800. The molecule has 1 atom stereocenters. The third-order valence-electron chi connectivity index (χ3n) is 3.49. The molecule has 0 amide bonds. The molecule has 0 fully saturated rings. The molecule has 124 valence electrons. The summed E-state index contributed by atoms with van der Waals surface area (Å²) < 4.78 is 0.769. The lowest BCUT2D eigenvalue weighted by atomic mass is 10.1. The number of ketones is 1. The van der Waals surface area contributed by atoms with E-state index in [4.69, 9.17) is 23.2 Å². The number of benzene rings is 1. The van der Waals surface area contributed by atoms with Crippen LogP contribution >= 0.6 is 58.1 Å². The summed E-state index contributed by atoms with van der Waals surface area (Å²) in [5.74, 6) is 0.493. The number of hydrogen-bond donors (Lipinski definition) is 0. The standard InChI is InChI=1S/C17H12Cl2O2S3/c18-11-4-3-10(13(19)6-11)9-23-17-12(8-20)14(21)7-16(24-17)15-2-1-5-22-15/h1-6,8,16H,7,9H2/t16-/m0/s1. The first kappa shape index (κ1) is 18.1. The molecule has 7 heteroatoms. The molecule has 2 nitrogen and oxygen atoms in total. The van der Waals surface area contributed by atoms with Gasteiger partial charge >= 0.3 is 0 Å². The predicted octanol–water partition coefficient (Wildman–Crippen LogP) is 6.15. The second-order valence-electron chi connectivity index (χ2n) is 5.09. The van der Waals surface area contributed by atoms with Gasteiger partial charge in [0.15, 0.2) is 12.1 Å². The van der Waals surface area contributed by atoms with Crippen LogP contribution in [-0.4, -0.2) is 12.1 Å². The van der Waals surface area contributed by atoms with Gasteiger partial charge in [0.2, 0.25) is 0 Å². The Hall–Kier alpha value is -0.720. The summed E-state index contributed by atoms with van der Waals surface area (Å²) in [7, 11) is 0. The molecule has 0 radical (unpaired) electrons. The number of thioether (sulfide) groups is 2. The Morgan fingerprint density at radius 2 is 2.12 bits per heavy atom. The number of carbonyl (C=O) groups is 2. The van der Waals surface area contributed by atoms with Crippen LogP contribution in [0.4, 0.5) is 0 Å². The largest absolute Gasteiger partial charge is 0.298 e. The van der Waals surface area contributed by atoms with Gasteiger partial charge in [-0.15, -0.1) is 34.9 Å². The molecule has 1 aliphatic rings. The summed E-state index contributed by atoms with van der Waals surface area (Å²) in [6, 6.07) is 9.35. The van der Waals surface area contributed by atoms with Crippen molar-refractivity contribution in [1.82, 2.24) is 0 Å². The quantitative estimate of drug-likeness (QED) is 0.434. The maximum atomic E-state index is 12.3. The summed E-state index contributed by atoms with van der Waals surface area (Å²) in [6.07, 6.45) is 1.04. The fourth-order valence-corrected chi connectivity index (χ4v) is 6.47. The average molecular weight is 415 g/mol. The van der Waals surface area contributed by atoms with E-state index < -0.39 is 0 Å². The van der Waals surface area contributed by atoms with Crippen LogP contribution in [0.25, 0.3) is 0 Å². The highest BCUT2D eigenvalue weighted by atomic mass is 35.5. The zero-order valence-corrected chi connectivity index (χ0v) is 16.3. The first-order valence-corrected chi connectivity index (χ1v) is 10.6. The average Bonchev–Trinajstić information content (AvgIpc) is 3.08. The second kappa shape index (κ2) is 8.11. The predicted molar refractivity (Wildman–Crippen MR) is 105 cm³/mol. The van der Waals surface area contributed by atoms with Crippen molar-refractivity contribution in [2.75, 3.05) is 0 Å². The lowest BCUT2D eigenvalue weighted by Crippen LogP contribution is -2.14. The van der Waals surface area contributed by atoms with Gasteiger partial charge in [0, 0.05) is 27.1 Å². The van der Waals surface area contributed by atoms with E-state index in [0.29, 0.717) is 28.5 Å². The Balaban J connectivity index is 1.80. The van der Waals surface area contributed by atoms with Crippen LogP contribution in [-0.2, 0) is 15.3 Å². The molecule has 0 bridgehead atoms. The highest BCUT2D eigenvalue weighted by Crippen LogP contribution is 2.49. The first-order valence-electron chi connectivity index (χ1n) is 7.08. The van der Waals surface area contributed by atoms with Crippen LogP contribution in [0.2, 0.25) is 10.0 Å². The summed E-state index contributed by atoms with van der Waals surface area (Å²) >= 11 is 16.8. The normalized spacial score (nSPS) is 18.1. The minimum atomic E-state index is -0.0909. The van der Waals surface area contributed by atoms with E-state index in [2.05, 4.69) is 0 Å². The zero-order chi connectivity index (χ0) is 17.1.